The Labute approximate surface area is 133 Å². The number of primary amides is 1. The Morgan fingerprint density at radius 2 is 1.83 bits per heavy atom. The largest absolute Gasteiger partial charge is 0.465 e. The van der Waals surface area contributed by atoms with Gasteiger partial charge in [-0.25, -0.2) is 9.18 Å². The van der Waals surface area contributed by atoms with Gasteiger partial charge in [0.15, 0.2) is 0 Å². The van der Waals surface area contributed by atoms with Crippen LogP contribution < -0.4 is 16.4 Å². The van der Waals surface area contributed by atoms with E-state index in [1.807, 2.05) is 20.8 Å². The number of carboxylic acid groups (broad SMARTS) is 1. The first kappa shape index (κ1) is 18.9. The molecule has 0 aliphatic heterocycles. The van der Waals surface area contributed by atoms with E-state index in [0.29, 0.717) is 0 Å². The zero-order valence-electron chi connectivity index (χ0n) is 13.3. The van der Waals surface area contributed by atoms with Crippen LogP contribution in [0.3, 0.4) is 0 Å². The van der Waals surface area contributed by atoms with Crippen LogP contribution in [-0.4, -0.2) is 46.5 Å². The minimum absolute atomic E-state index is 0.158. The van der Waals surface area contributed by atoms with Crippen LogP contribution in [0.1, 0.15) is 40.0 Å². The van der Waals surface area contributed by atoms with Crippen LogP contribution in [-0.2, 0) is 14.4 Å². The van der Waals surface area contributed by atoms with Crippen molar-refractivity contribution < 1.29 is 28.7 Å². The molecule has 0 heterocycles. The third kappa shape index (κ3) is 4.90. The van der Waals surface area contributed by atoms with Crippen LogP contribution in [0, 0.1) is 5.41 Å². The van der Waals surface area contributed by atoms with Gasteiger partial charge < -0.3 is 21.5 Å². The molecule has 0 aromatic rings. The predicted octanol–water partition coefficient (Wildman–Crippen LogP) is 0.100. The number of hydrogen-bond donors (Lipinski definition) is 4. The summed E-state index contributed by atoms with van der Waals surface area (Å²) >= 11 is 0. The van der Waals surface area contributed by atoms with Gasteiger partial charge >= 0.3 is 6.09 Å². The number of alkyl halides is 1. The minimum atomic E-state index is -1.68. The van der Waals surface area contributed by atoms with E-state index in [9.17, 15) is 23.6 Å². The molecule has 1 rings (SSSR count). The summed E-state index contributed by atoms with van der Waals surface area (Å²) in [7, 11) is 0. The average Bonchev–Trinajstić information content (AvgIpc) is 2.32. The minimum Gasteiger partial charge on any atom is -0.465 e. The Balaban J connectivity index is 2.92. The monoisotopic (exact) mass is 331 g/mol. The van der Waals surface area contributed by atoms with E-state index in [4.69, 9.17) is 10.8 Å². The van der Waals surface area contributed by atoms with Gasteiger partial charge in [-0.2, -0.15) is 0 Å². The van der Waals surface area contributed by atoms with Gasteiger partial charge in [0.05, 0.1) is 0 Å². The van der Waals surface area contributed by atoms with Crippen molar-refractivity contribution in [3.63, 3.8) is 0 Å². The Kier molecular flexibility index (Phi) is 5.34. The number of halogens is 1. The highest BCUT2D eigenvalue weighted by atomic mass is 19.1. The number of rotatable bonds is 6. The highest BCUT2D eigenvalue weighted by Gasteiger charge is 2.54. The first-order valence-electron chi connectivity index (χ1n) is 7.16. The molecule has 1 atom stereocenters. The van der Waals surface area contributed by atoms with E-state index in [-0.39, 0.29) is 24.7 Å². The lowest BCUT2D eigenvalue weighted by molar-refractivity contribution is -0.147. The third-order valence-electron chi connectivity index (χ3n) is 3.59. The van der Waals surface area contributed by atoms with Gasteiger partial charge in [0.2, 0.25) is 11.7 Å². The van der Waals surface area contributed by atoms with Gasteiger partial charge in [-0.3, -0.25) is 14.4 Å². The highest BCUT2D eigenvalue weighted by molar-refractivity contribution is 6.39. The number of ketones is 1. The summed E-state index contributed by atoms with van der Waals surface area (Å²) in [5.74, 6) is -3.14. The average molecular weight is 331 g/mol. The summed E-state index contributed by atoms with van der Waals surface area (Å²) in [5.41, 5.74) is 2.88. The molecule has 0 saturated heterocycles. The zero-order valence-corrected chi connectivity index (χ0v) is 13.3. The van der Waals surface area contributed by atoms with Gasteiger partial charge in [0.25, 0.3) is 5.91 Å². The molecule has 1 fully saturated rings. The van der Waals surface area contributed by atoms with E-state index in [1.165, 1.54) is 0 Å². The van der Waals surface area contributed by atoms with Crippen LogP contribution in [0.4, 0.5) is 9.18 Å². The Bertz CT molecular complexity index is 523. The molecule has 0 radical (unpaired) electrons. The maximum absolute atomic E-state index is 13.2. The van der Waals surface area contributed by atoms with Crippen LogP contribution >= 0.6 is 0 Å². The van der Waals surface area contributed by atoms with Crippen LogP contribution in [0.25, 0.3) is 0 Å². The fourth-order valence-corrected chi connectivity index (χ4v) is 2.57. The quantitative estimate of drug-likeness (QED) is 0.511. The lowest BCUT2D eigenvalue weighted by Gasteiger charge is -2.43. The van der Waals surface area contributed by atoms with Crippen molar-refractivity contribution in [1.82, 2.24) is 10.6 Å². The van der Waals surface area contributed by atoms with Crippen LogP contribution in [0.15, 0.2) is 0 Å². The molecular formula is C14H22FN3O5. The van der Waals surface area contributed by atoms with Gasteiger partial charge in [0.1, 0.15) is 17.8 Å². The number of amides is 3. The van der Waals surface area contributed by atoms with Gasteiger partial charge in [0, 0.05) is 12.8 Å². The fraction of sp³-hybridized carbons (Fsp3) is 0.714. The molecule has 130 valence electrons. The number of carbonyl (C=O) groups is 4. The predicted molar refractivity (Wildman–Crippen MR) is 78.2 cm³/mol. The Hall–Kier alpha value is -2.19. The molecule has 1 aliphatic rings. The number of carbonyl (C=O) groups excluding carboxylic acids is 3. The van der Waals surface area contributed by atoms with Crippen LogP contribution in [0.2, 0.25) is 0 Å². The lowest BCUT2D eigenvalue weighted by atomic mass is 9.71. The topological polar surface area (TPSA) is 139 Å². The molecule has 1 aliphatic carbocycles. The van der Waals surface area contributed by atoms with Crippen molar-refractivity contribution in [2.24, 2.45) is 11.1 Å². The van der Waals surface area contributed by atoms with E-state index in [0.717, 1.165) is 0 Å². The van der Waals surface area contributed by atoms with Crippen molar-refractivity contribution in [3.8, 4) is 0 Å². The molecule has 3 amide bonds. The van der Waals surface area contributed by atoms with Gasteiger partial charge in [-0.1, -0.05) is 20.8 Å². The second-order valence-corrected chi connectivity index (χ2v) is 7.04. The van der Waals surface area contributed by atoms with E-state index < -0.39 is 41.4 Å². The molecule has 0 bridgehead atoms. The number of nitrogens with two attached hydrogens (primary N) is 1. The molecule has 1 saturated carbocycles. The van der Waals surface area contributed by atoms with E-state index in [1.54, 1.807) is 0 Å². The number of nitrogens with one attached hydrogen (secondary N) is 2. The van der Waals surface area contributed by atoms with Gasteiger partial charge in [-0.05, 0) is 11.8 Å². The van der Waals surface area contributed by atoms with Crippen molar-refractivity contribution in [2.45, 2.75) is 57.8 Å². The SMILES string of the molecule is CC(C)(C)C[C@H](NC(=O)O)C(=O)NC1(C(=O)C(N)=O)CC(F)C1. The van der Waals surface area contributed by atoms with E-state index in [2.05, 4.69) is 10.6 Å². The second-order valence-electron chi connectivity index (χ2n) is 7.04. The van der Waals surface area contributed by atoms with Gasteiger partial charge in [-0.15, -0.1) is 0 Å². The maximum atomic E-state index is 13.2. The zero-order chi connectivity index (χ0) is 18.0. The summed E-state index contributed by atoms with van der Waals surface area (Å²) in [5, 5.41) is 13.2. The summed E-state index contributed by atoms with van der Waals surface area (Å²) < 4.78 is 13.2. The first-order chi connectivity index (χ1) is 10.4. The fourth-order valence-electron chi connectivity index (χ4n) is 2.57. The number of hydrogen-bond acceptors (Lipinski definition) is 4. The standard InChI is InChI=1S/C14H22FN3O5/c1-13(2,3)6-8(17-12(22)23)11(21)18-14(4-7(15)5-14)9(19)10(16)20/h7-8,17H,4-6H2,1-3H3,(H2,16,20)(H,18,21)(H,22,23)/t7?,8-,14?/m0/s1. The molecule has 9 heteroatoms. The van der Waals surface area contributed by atoms with Crippen molar-refractivity contribution in [1.29, 1.82) is 0 Å². The molecule has 0 aromatic heterocycles. The molecule has 0 aromatic carbocycles. The third-order valence-corrected chi connectivity index (χ3v) is 3.59. The molecule has 0 spiro atoms. The summed E-state index contributed by atoms with van der Waals surface area (Å²) in [6.07, 6.45) is -3.27. The molecule has 23 heavy (non-hydrogen) atoms. The smallest absolute Gasteiger partial charge is 0.405 e. The first-order valence-corrected chi connectivity index (χ1v) is 7.16. The Morgan fingerprint density at radius 3 is 2.17 bits per heavy atom. The molecule has 5 N–H and O–H groups in total. The van der Waals surface area contributed by atoms with Crippen molar-refractivity contribution >= 4 is 23.7 Å². The van der Waals surface area contributed by atoms with Crippen molar-refractivity contribution in [3.05, 3.63) is 0 Å². The second kappa shape index (κ2) is 6.51. The summed E-state index contributed by atoms with van der Waals surface area (Å²) in [6.45, 7) is 5.42. The summed E-state index contributed by atoms with van der Waals surface area (Å²) in [6, 6.07) is -1.14. The number of Topliss-reactive ketones (excluding diaryl/α,β-unsaturated/α-hetero) is 1. The maximum Gasteiger partial charge on any atom is 0.405 e. The molecular weight excluding hydrogens is 309 g/mol. The highest BCUT2D eigenvalue weighted by Crippen LogP contribution is 2.36. The van der Waals surface area contributed by atoms with Crippen molar-refractivity contribution in [2.75, 3.05) is 0 Å². The molecule has 8 nitrogen and oxygen atoms in total. The van der Waals surface area contributed by atoms with E-state index >= 15 is 0 Å². The molecule has 0 unspecified atom stereocenters. The lowest BCUT2D eigenvalue weighted by Crippen LogP contribution is -2.68. The van der Waals surface area contributed by atoms with Crippen LogP contribution in [0.5, 0.6) is 0 Å². The normalized spacial score (nSPS) is 25.0. The summed E-state index contributed by atoms with van der Waals surface area (Å²) in [4.78, 5) is 46.1. The Morgan fingerprint density at radius 1 is 1.30 bits per heavy atom.